The number of aliphatic hydroxyl groups is 2. The SMILES string of the molecule is CCCCOc1cc(F)c(-c2ccc(CCC(N)(CO)CO)cc2)cc1F.Cl. The number of hydrogen-bond donors (Lipinski definition) is 3. The average molecular weight is 416 g/mol. The van der Waals surface area contributed by atoms with Gasteiger partial charge in [0.05, 0.1) is 25.4 Å². The first-order valence-electron chi connectivity index (χ1n) is 9.14. The van der Waals surface area contributed by atoms with Crippen LogP contribution in [0.3, 0.4) is 0 Å². The van der Waals surface area contributed by atoms with Crippen molar-refractivity contribution >= 4 is 12.4 Å². The predicted octanol–water partition coefficient (Wildman–Crippen LogP) is 3.85. The topological polar surface area (TPSA) is 75.7 Å². The van der Waals surface area contributed by atoms with Gasteiger partial charge in [0, 0.05) is 11.6 Å². The molecule has 0 aliphatic carbocycles. The molecule has 4 nitrogen and oxygen atoms in total. The van der Waals surface area contributed by atoms with Crippen LogP contribution in [0.25, 0.3) is 11.1 Å². The maximum absolute atomic E-state index is 14.4. The number of hydrogen-bond acceptors (Lipinski definition) is 4. The average Bonchev–Trinajstić information content (AvgIpc) is 2.69. The van der Waals surface area contributed by atoms with Gasteiger partial charge in [-0.3, -0.25) is 0 Å². The number of benzene rings is 2. The molecule has 28 heavy (non-hydrogen) atoms. The lowest BCUT2D eigenvalue weighted by Gasteiger charge is -2.24. The first-order valence-corrected chi connectivity index (χ1v) is 9.14. The largest absolute Gasteiger partial charge is 0.490 e. The Labute approximate surface area is 170 Å². The van der Waals surface area contributed by atoms with Crippen LogP contribution in [0, 0.1) is 11.6 Å². The minimum Gasteiger partial charge on any atom is -0.490 e. The Balaban J connectivity index is 0.00000392. The standard InChI is InChI=1S/C21H27F2NO3.ClH/c1-2-3-10-27-20-12-18(22)17(11-19(20)23)16-6-4-15(5-7-16)8-9-21(24,13-25)14-26;/h4-7,11-12,25-26H,2-3,8-10,13-14,24H2,1H3;1H. The van der Waals surface area contributed by atoms with E-state index >= 15 is 0 Å². The molecule has 0 radical (unpaired) electrons. The van der Waals surface area contributed by atoms with Gasteiger partial charge in [0.2, 0.25) is 0 Å². The van der Waals surface area contributed by atoms with E-state index in [1.807, 2.05) is 6.92 Å². The zero-order valence-corrected chi connectivity index (χ0v) is 16.8. The van der Waals surface area contributed by atoms with Crippen LogP contribution >= 0.6 is 12.4 Å². The maximum atomic E-state index is 14.4. The van der Waals surface area contributed by atoms with Gasteiger partial charge in [0.1, 0.15) is 5.82 Å². The molecule has 156 valence electrons. The summed E-state index contributed by atoms with van der Waals surface area (Å²) in [6, 6.07) is 9.25. The van der Waals surface area contributed by atoms with Crippen molar-refractivity contribution in [2.24, 2.45) is 5.73 Å². The number of rotatable bonds is 10. The van der Waals surface area contributed by atoms with E-state index in [1.54, 1.807) is 24.3 Å². The predicted molar refractivity (Wildman–Crippen MR) is 109 cm³/mol. The highest BCUT2D eigenvalue weighted by Crippen LogP contribution is 2.29. The van der Waals surface area contributed by atoms with Gasteiger partial charge in [-0.2, -0.15) is 0 Å². The van der Waals surface area contributed by atoms with Gasteiger partial charge in [-0.15, -0.1) is 12.4 Å². The summed E-state index contributed by atoms with van der Waals surface area (Å²) in [6.07, 6.45) is 2.66. The highest BCUT2D eigenvalue weighted by Gasteiger charge is 2.22. The van der Waals surface area contributed by atoms with E-state index in [0.717, 1.165) is 30.5 Å². The summed E-state index contributed by atoms with van der Waals surface area (Å²) in [5.74, 6) is -1.21. The second-order valence-corrected chi connectivity index (χ2v) is 6.84. The molecule has 0 heterocycles. The summed E-state index contributed by atoms with van der Waals surface area (Å²) in [6.45, 7) is 1.73. The minimum atomic E-state index is -1.03. The lowest BCUT2D eigenvalue weighted by Crippen LogP contribution is -2.47. The van der Waals surface area contributed by atoms with Crippen LogP contribution in [-0.2, 0) is 6.42 Å². The van der Waals surface area contributed by atoms with E-state index in [2.05, 4.69) is 0 Å². The molecule has 0 aromatic heterocycles. The fourth-order valence-corrected chi connectivity index (χ4v) is 2.64. The van der Waals surface area contributed by atoms with Crippen LogP contribution in [0.1, 0.15) is 31.7 Å². The van der Waals surface area contributed by atoms with E-state index in [9.17, 15) is 19.0 Å². The molecule has 0 atom stereocenters. The van der Waals surface area contributed by atoms with Gasteiger partial charge in [0.15, 0.2) is 11.6 Å². The van der Waals surface area contributed by atoms with Crippen molar-refractivity contribution in [3.63, 3.8) is 0 Å². The fraction of sp³-hybridized carbons (Fsp3) is 0.429. The second kappa shape index (κ2) is 11.3. The molecule has 7 heteroatoms. The molecule has 0 fully saturated rings. The Morgan fingerprint density at radius 2 is 1.68 bits per heavy atom. The molecule has 0 aliphatic heterocycles. The monoisotopic (exact) mass is 415 g/mol. The second-order valence-electron chi connectivity index (χ2n) is 6.84. The molecule has 0 saturated carbocycles. The highest BCUT2D eigenvalue weighted by molar-refractivity contribution is 5.85. The molecule has 0 bridgehead atoms. The van der Waals surface area contributed by atoms with E-state index in [-0.39, 0.29) is 36.9 Å². The number of unbranched alkanes of at least 4 members (excludes halogenated alkanes) is 1. The summed E-state index contributed by atoms with van der Waals surface area (Å²) in [5, 5.41) is 18.5. The summed E-state index contributed by atoms with van der Waals surface area (Å²) in [4.78, 5) is 0. The van der Waals surface area contributed by atoms with Crippen LogP contribution in [0.4, 0.5) is 8.78 Å². The van der Waals surface area contributed by atoms with Crippen LogP contribution in [0.5, 0.6) is 5.75 Å². The number of aliphatic hydroxyl groups excluding tert-OH is 2. The molecular weight excluding hydrogens is 388 g/mol. The third kappa shape index (κ3) is 6.41. The number of nitrogens with two attached hydrogens (primary N) is 1. The molecule has 0 unspecified atom stereocenters. The molecule has 0 aliphatic rings. The molecule has 0 saturated heterocycles. The van der Waals surface area contributed by atoms with Crippen molar-refractivity contribution in [3.05, 3.63) is 53.6 Å². The third-order valence-corrected chi connectivity index (χ3v) is 4.58. The quantitative estimate of drug-likeness (QED) is 0.515. The van der Waals surface area contributed by atoms with Crippen molar-refractivity contribution < 1.29 is 23.7 Å². The summed E-state index contributed by atoms with van der Waals surface area (Å²) >= 11 is 0. The smallest absolute Gasteiger partial charge is 0.165 e. The van der Waals surface area contributed by atoms with E-state index < -0.39 is 17.2 Å². The van der Waals surface area contributed by atoms with Gasteiger partial charge < -0.3 is 20.7 Å². The molecule has 2 rings (SSSR count). The third-order valence-electron chi connectivity index (χ3n) is 4.58. The van der Waals surface area contributed by atoms with Crippen LogP contribution in [-0.4, -0.2) is 35.6 Å². The Kier molecular flexibility index (Phi) is 9.82. The van der Waals surface area contributed by atoms with Crippen molar-refractivity contribution in [2.45, 2.75) is 38.1 Å². The Bertz CT molecular complexity index is 737. The molecule has 4 N–H and O–H groups in total. The van der Waals surface area contributed by atoms with E-state index in [0.29, 0.717) is 25.0 Å². The molecule has 0 spiro atoms. The number of halogens is 3. The zero-order valence-electron chi connectivity index (χ0n) is 16.0. The Morgan fingerprint density at radius 3 is 2.25 bits per heavy atom. The van der Waals surface area contributed by atoms with Gasteiger partial charge in [-0.1, -0.05) is 37.6 Å². The molecule has 2 aromatic carbocycles. The number of ether oxygens (including phenoxy) is 1. The summed E-state index contributed by atoms with van der Waals surface area (Å²) in [7, 11) is 0. The fourth-order valence-electron chi connectivity index (χ4n) is 2.64. The van der Waals surface area contributed by atoms with Crippen LogP contribution in [0.2, 0.25) is 0 Å². The zero-order chi connectivity index (χ0) is 19.9. The van der Waals surface area contributed by atoms with Crippen molar-refractivity contribution in [1.29, 1.82) is 0 Å². The Hall–Kier alpha value is -1.73. The lowest BCUT2D eigenvalue weighted by atomic mass is 9.93. The highest BCUT2D eigenvalue weighted by atomic mass is 35.5. The normalized spacial score (nSPS) is 11.2. The summed E-state index contributed by atoms with van der Waals surface area (Å²) < 4.78 is 33.9. The first-order chi connectivity index (χ1) is 12.9. The maximum Gasteiger partial charge on any atom is 0.165 e. The molecule has 0 amide bonds. The van der Waals surface area contributed by atoms with Gasteiger partial charge in [-0.25, -0.2) is 8.78 Å². The Morgan fingerprint density at radius 1 is 1.04 bits per heavy atom. The number of aryl methyl sites for hydroxylation is 1. The van der Waals surface area contributed by atoms with E-state index in [1.165, 1.54) is 0 Å². The molecule has 2 aromatic rings. The van der Waals surface area contributed by atoms with Crippen molar-refractivity contribution in [2.75, 3.05) is 19.8 Å². The van der Waals surface area contributed by atoms with Gasteiger partial charge in [0.25, 0.3) is 0 Å². The molecular formula is C21H28ClF2NO3. The van der Waals surface area contributed by atoms with Crippen LogP contribution in [0.15, 0.2) is 36.4 Å². The van der Waals surface area contributed by atoms with E-state index in [4.69, 9.17) is 10.5 Å². The van der Waals surface area contributed by atoms with Gasteiger partial charge in [-0.05, 0) is 36.5 Å². The first kappa shape index (κ1) is 24.3. The minimum absolute atomic E-state index is 0. The van der Waals surface area contributed by atoms with Crippen molar-refractivity contribution in [1.82, 2.24) is 0 Å². The van der Waals surface area contributed by atoms with Crippen molar-refractivity contribution in [3.8, 4) is 16.9 Å². The summed E-state index contributed by atoms with van der Waals surface area (Å²) in [5.41, 5.74) is 6.48. The van der Waals surface area contributed by atoms with Gasteiger partial charge >= 0.3 is 0 Å². The van der Waals surface area contributed by atoms with Crippen LogP contribution < -0.4 is 10.5 Å². The lowest BCUT2D eigenvalue weighted by molar-refractivity contribution is 0.115.